The number of esters is 2. The van der Waals surface area contributed by atoms with Crippen LogP contribution in [0.1, 0.15) is 127 Å². The molecular weight excluding hydrogens is 685 g/mol. The van der Waals surface area contributed by atoms with Gasteiger partial charge in [0.1, 0.15) is 23.0 Å². The van der Waals surface area contributed by atoms with Gasteiger partial charge < -0.3 is 18.9 Å². The molecule has 55 heavy (non-hydrogen) atoms. The molecule has 0 saturated carbocycles. The van der Waals surface area contributed by atoms with E-state index in [0.29, 0.717) is 28.4 Å². The van der Waals surface area contributed by atoms with E-state index in [4.69, 9.17) is 18.9 Å². The molecule has 0 aromatic heterocycles. The molecule has 0 amide bonds. The van der Waals surface area contributed by atoms with Crippen LogP contribution in [0.25, 0.3) is 0 Å². The highest BCUT2D eigenvalue weighted by Gasteiger charge is 2.09. The van der Waals surface area contributed by atoms with Gasteiger partial charge in [-0.05, 0) is 100 Å². The molecular formula is C49H72O6. The molecule has 0 N–H and O–H groups in total. The van der Waals surface area contributed by atoms with Gasteiger partial charge in [0.15, 0.2) is 0 Å². The van der Waals surface area contributed by atoms with Gasteiger partial charge in [0, 0.05) is 0 Å². The van der Waals surface area contributed by atoms with Gasteiger partial charge in [-0.3, -0.25) is 0 Å². The van der Waals surface area contributed by atoms with Crippen molar-refractivity contribution in [2.24, 2.45) is 0 Å². The van der Waals surface area contributed by atoms with Gasteiger partial charge in [-0.2, -0.15) is 0 Å². The maximum Gasteiger partial charge on any atom is 0.343 e. The standard InChI is InChI=1S/C22H20O4.C15H14O2.5C2H6.2CH4/c1-16-3-7-18(8-4-16)22(23)26-21-13-11-20(12-14-21)25-15-24-19-9-5-17(2)6-10-19;1-11-3-7-13(8-4-11)15(16)17-14-9-5-12(2)6-10-14;5*1-2;;/h3-14H,15H2,1-2H3;3-10H,1-2H3;5*1-2H3;2*1H4. The van der Waals surface area contributed by atoms with Gasteiger partial charge in [0.2, 0.25) is 6.79 Å². The van der Waals surface area contributed by atoms with Crippen LogP contribution in [0, 0.1) is 27.7 Å². The maximum absolute atomic E-state index is 12.1. The molecule has 6 nitrogen and oxygen atoms in total. The summed E-state index contributed by atoms with van der Waals surface area (Å²) in [4.78, 5) is 23.9. The molecule has 0 aliphatic heterocycles. The van der Waals surface area contributed by atoms with E-state index in [0.717, 1.165) is 22.4 Å². The Hall–Kier alpha value is -5.36. The van der Waals surface area contributed by atoms with Gasteiger partial charge >= 0.3 is 11.9 Å². The molecule has 304 valence electrons. The third-order valence-corrected chi connectivity index (χ3v) is 6.31. The van der Waals surface area contributed by atoms with Crippen molar-refractivity contribution >= 4 is 11.9 Å². The highest BCUT2D eigenvalue weighted by molar-refractivity contribution is 5.91. The van der Waals surface area contributed by atoms with Crippen LogP contribution in [0.3, 0.4) is 0 Å². The summed E-state index contributed by atoms with van der Waals surface area (Å²) in [7, 11) is 0. The minimum Gasteiger partial charge on any atom is -0.458 e. The second-order valence-electron chi connectivity index (χ2n) is 10.0. The summed E-state index contributed by atoms with van der Waals surface area (Å²) in [6, 6.07) is 36.6. The molecule has 0 aliphatic rings. The summed E-state index contributed by atoms with van der Waals surface area (Å²) in [5.41, 5.74) is 5.61. The molecule has 0 fully saturated rings. The zero-order valence-corrected chi connectivity index (χ0v) is 34.7. The molecule has 0 aliphatic carbocycles. The number of aryl methyl sites for hydroxylation is 4. The summed E-state index contributed by atoms with van der Waals surface area (Å²) < 4.78 is 21.7. The molecule has 0 saturated heterocycles. The van der Waals surface area contributed by atoms with Gasteiger partial charge in [0.05, 0.1) is 11.1 Å². The van der Waals surface area contributed by atoms with Gasteiger partial charge in [0.25, 0.3) is 0 Å². The number of ether oxygens (including phenoxy) is 4. The van der Waals surface area contributed by atoms with E-state index >= 15 is 0 Å². The Morgan fingerprint density at radius 2 is 0.545 bits per heavy atom. The van der Waals surface area contributed by atoms with Crippen LogP contribution in [-0.4, -0.2) is 18.7 Å². The van der Waals surface area contributed by atoms with Crippen LogP contribution in [0.15, 0.2) is 121 Å². The van der Waals surface area contributed by atoms with E-state index in [2.05, 4.69) is 0 Å². The topological polar surface area (TPSA) is 71.1 Å². The van der Waals surface area contributed by atoms with Crippen LogP contribution < -0.4 is 18.9 Å². The molecule has 5 rings (SSSR count). The predicted molar refractivity (Wildman–Crippen MR) is 237 cm³/mol. The van der Waals surface area contributed by atoms with Crippen LogP contribution in [0.4, 0.5) is 0 Å². The van der Waals surface area contributed by atoms with Gasteiger partial charge in [-0.15, -0.1) is 0 Å². The average molecular weight is 757 g/mol. The number of carbonyl (C=O) groups excluding carboxylic acids is 2. The molecule has 0 atom stereocenters. The van der Waals surface area contributed by atoms with Gasteiger partial charge in [-0.1, -0.05) is 155 Å². The second kappa shape index (κ2) is 35.7. The highest BCUT2D eigenvalue weighted by atomic mass is 16.7. The van der Waals surface area contributed by atoms with Crippen LogP contribution in [-0.2, 0) is 0 Å². The molecule has 0 spiro atoms. The SMILES string of the molecule is C.C.CC.CC.CC.CC.CC.Cc1ccc(OC(=O)c2ccc(C)cc2)cc1.Cc1ccc(OCOc2ccc(OC(=O)c3ccc(C)cc3)cc2)cc1. The Balaban J connectivity index is -0.000000391. The normalized spacial score (nSPS) is 8.47. The minimum absolute atomic E-state index is 0. The number of rotatable bonds is 8. The number of carbonyl (C=O) groups is 2. The van der Waals surface area contributed by atoms with Crippen molar-refractivity contribution in [2.45, 2.75) is 112 Å². The first-order chi connectivity index (χ1) is 25.7. The quantitative estimate of drug-likeness (QED) is 0.0892. The van der Waals surface area contributed by atoms with E-state index in [1.807, 2.05) is 158 Å². The largest absolute Gasteiger partial charge is 0.458 e. The summed E-state index contributed by atoms with van der Waals surface area (Å²) in [6.07, 6.45) is 0. The first kappa shape index (κ1) is 56.4. The van der Waals surface area contributed by atoms with E-state index in [1.165, 1.54) is 5.56 Å². The molecule has 0 radical (unpaired) electrons. The van der Waals surface area contributed by atoms with Crippen molar-refractivity contribution in [3.8, 4) is 23.0 Å². The Morgan fingerprint density at radius 1 is 0.345 bits per heavy atom. The summed E-state index contributed by atoms with van der Waals surface area (Å²) in [6.45, 7) is 28.1. The number of benzene rings is 5. The lowest BCUT2D eigenvalue weighted by Gasteiger charge is -2.09. The Bertz CT molecular complexity index is 1610. The van der Waals surface area contributed by atoms with Gasteiger partial charge in [-0.25, -0.2) is 9.59 Å². The summed E-state index contributed by atoms with van der Waals surface area (Å²) in [5.74, 6) is 1.70. The molecule has 0 unspecified atom stereocenters. The van der Waals surface area contributed by atoms with E-state index < -0.39 is 0 Å². The lowest BCUT2D eigenvalue weighted by atomic mass is 10.1. The first-order valence-corrected chi connectivity index (χ1v) is 18.8. The van der Waals surface area contributed by atoms with Crippen molar-refractivity contribution < 1.29 is 28.5 Å². The van der Waals surface area contributed by atoms with Crippen molar-refractivity contribution in [2.75, 3.05) is 6.79 Å². The number of hydrogen-bond acceptors (Lipinski definition) is 6. The van der Waals surface area contributed by atoms with Crippen molar-refractivity contribution in [3.63, 3.8) is 0 Å². The van der Waals surface area contributed by atoms with Crippen molar-refractivity contribution in [3.05, 3.63) is 155 Å². The lowest BCUT2D eigenvalue weighted by Crippen LogP contribution is -2.08. The molecule has 0 heterocycles. The summed E-state index contributed by atoms with van der Waals surface area (Å²) in [5, 5.41) is 0. The van der Waals surface area contributed by atoms with Crippen molar-refractivity contribution in [1.82, 2.24) is 0 Å². The molecule has 5 aromatic carbocycles. The molecule has 5 aromatic rings. The Morgan fingerprint density at radius 3 is 0.818 bits per heavy atom. The van der Waals surface area contributed by atoms with Crippen molar-refractivity contribution in [1.29, 1.82) is 0 Å². The minimum atomic E-state index is -0.388. The summed E-state index contributed by atoms with van der Waals surface area (Å²) >= 11 is 0. The number of hydrogen-bond donors (Lipinski definition) is 0. The lowest BCUT2D eigenvalue weighted by molar-refractivity contribution is 0.0725. The van der Waals surface area contributed by atoms with Crippen LogP contribution >= 0.6 is 0 Å². The molecule has 0 bridgehead atoms. The third kappa shape index (κ3) is 23.8. The van der Waals surface area contributed by atoms with E-state index in [-0.39, 0.29) is 33.6 Å². The van der Waals surface area contributed by atoms with E-state index in [1.54, 1.807) is 60.7 Å². The molecule has 6 heteroatoms. The van der Waals surface area contributed by atoms with Crippen LogP contribution in [0.5, 0.6) is 23.0 Å². The zero-order chi connectivity index (χ0) is 40.6. The fourth-order valence-electron chi connectivity index (χ4n) is 3.72. The zero-order valence-electron chi connectivity index (χ0n) is 34.7. The maximum atomic E-state index is 12.1. The fraction of sp³-hybridized carbons (Fsp3) is 0.347. The Kier molecular flexibility index (Phi) is 36.6. The fourth-order valence-corrected chi connectivity index (χ4v) is 3.72. The van der Waals surface area contributed by atoms with E-state index in [9.17, 15) is 9.59 Å². The first-order valence-electron chi connectivity index (χ1n) is 18.8. The predicted octanol–water partition coefficient (Wildman–Crippen LogP) is 14.9. The Labute approximate surface area is 335 Å². The third-order valence-electron chi connectivity index (χ3n) is 6.31. The average Bonchev–Trinajstić information content (AvgIpc) is 3.22. The highest BCUT2D eigenvalue weighted by Crippen LogP contribution is 2.20. The van der Waals surface area contributed by atoms with Crippen LogP contribution in [0.2, 0.25) is 0 Å². The monoisotopic (exact) mass is 757 g/mol. The second-order valence-corrected chi connectivity index (χ2v) is 10.0. The smallest absolute Gasteiger partial charge is 0.343 e.